The van der Waals surface area contributed by atoms with Crippen molar-refractivity contribution in [1.82, 2.24) is 9.78 Å². The van der Waals surface area contributed by atoms with Gasteiger partial charge in [-0.3, -0.25) is 4.68 Å². The average molecular weight is 167 g/mol. The normalized spacial score (nSPS) is 10.6. The first-order valence-corrected chi connectivity index (χ1v) is 4.57. The second-order valence-corrected chi connectivity index (χ2v) is 2.90. The van der Waals surface area contributed by atoms with Crippen molar-refractivity contribution in [2.45, 2.75) is 39.8 Å². The lowest BCUT2D eigenvalue weighted by atomic mass is 10.2. The van der Waals surface area contributed by atoms with Crippen molar-refractivity contribution >= 4 is 0 Å². The maximum Gasteiger partial charge on any atom is 0.0537 e. The summed E-state index contributed by atoms with van der Waals surface area (Å²) in [6.07, 6.45) is 4.03. The van der Waals surface area contributed by atoms with E-state index in [0.29, 0.717) is 6.54 Å². The summed E-state index contributed by atoms with van der Waals surface area (Å²) in [4.78, 5) is 0. The monoisotopic (exact) mass is 167 g/mol. The van der Waals surface area contributed by atoms with Crippen molar-refractivity contribution in [2.24, 2.45) is 5.73 Å². The van der Waals surface area contributed by atoms with Gasteiger partial charge in [0.1, 0.15) is 0 Å². The molecule has 2 N–H and O–H groups in total. The van der Waals surface area contributed by atoms with Crippen molar-refractivity contribution in [3.8, 4) is 0 Å². The van der Waals surface area contributed by atoms with Crippen LogP contribution in [0.5, 0.6) is 0 Å². The van der Waals surface area contributed by atoms with E-state index in [1.165, 1.54) is 11.3 Å². The van der Waals surface area contributed by atoms with Crippen LogP contribution in [0.1, 0.15) is 31.5 Å². The number of aryl methyl sites for hydroxylation is 1. The molecule has 0 fully saturated rings. The molecule has 12 heavy (non-hydrogen) atoms. The Bertz CT molecular complexity index is 240. The van der Waals surface area contributed by atoms with Crippen LogP contribution in [0, 0.1) is 0 Å². The molecule has 0 aliphatic carbocycles. The second kappa shape index (κ2) is 4.26. The van der Waals surface area contributed by atoms with Crippen LogP contribution in [0.3, 0.4) is 0 Å². The molecule has 1 rings (SSSR count). The van der Waals surface area contributed by atoms with Gasteiger partial charge < -0.3 is 5.73 Å². The van der Waals surface area contributed by atoms with Gasteiger partial charge in [0.15, 0.2) is 0 Å². The number of hydrogen-bond donors (Lipinski definition) is 1. The summed E-state index contributed by atoms with van der Waals surface area (Å²) >= 11 is 0. The van der Waals surface area contributed by atoms with E-state index in [2.05, 4.69) is 23.6 Å². The molecule has 3 nitrogen and oxygen atoms in total. The minimum atomic E-state index is 0.604. The fraction of sp³-hybridized carbons (Fsp3) is 0.667. The fourth-order valence-corrected chi connectivity index (χ4v) is 1.43. The third-order valence-corrected chi connectivity index (χ3v) is 2.03. The van der Waals surface area contributed by atoms with Crippen LogP contribution in [-0.2, 0) is 19.5 Å². The third-order valence-electron chi connectivity index (χ3n) is 2.03. The number of aromatic nitrogens is 2. The Morgan fingerprint density at radius 3 is 2.75 bits per heavy atom. The summed E-state index contributed by atoms with van der Waals surface area (Å²) in [5.41, 5.74) is 8.06. The smallest absolute Gasteiger partial charge is 0.0537 e. The summed E-state index contributed by atoms with van der Waals surface area (Å²) in [6, 6.07) is 0. The van der Waals surface area contributed by atoms with Gasteiger partial charge in [-0.15, -0.1) is 0 Å². The topological polar surface area (TPSA) is 43.8 Å². The Hall–Kier alpha value is -0.830. The quantitative estimate of drug-likeness (QED) is 0.735. The van der Waals surface area contributed by atoms with Crippen LogP contribution < -0.4 is 5.73 Å². The van der Waals surface area contributed by atoms with Gasteiger partial charge in [0.2, 0.25) is 0 Å². The molecule has 0 saturated heterocycles. The molecule has 3 heteroatoms. The molecule has 1 heterocycles. The summed E-state index contributed by atoms with van der Waals surface area (Å²) < 4.78 is 2.06. The van der Waals surface area contributed by atoms with Crippen molar-refractivity contribution < 1.29 is 0 Å². The first kappa shape index (κ1) is 9.26. The Balaban J connectivity index is 2.88. The Morgan fingerprint density at radius 2 is 2.25 bits per heavy atom. The van der Waals surface area contributed by atoms with E-state index in [1.807, 2.05) is 6.20 Å². The molecular formula is C9H17N3. The second-order valence-electron chi connectivity index (χ2n) is 2.90. The molecule has 0 aliphatic heterocycles. The van der Waals surface area contributed by atoms with Crippen LogP contribution in [0.2, 0.25) is 0 Å². The lowest BCUT2D eigenvalue weighted by molar-refractivity contribution is 0.576. The standard InChI is InChI=1S/C9H17N3/c1-3-5-12-9(4-2)8(6-10)7-11-12/h7H,3-6,10H2,1-2H3. The highest BCUT2D eigenvalue weighted by Crippen LogP contribution is 2.08. The molecule has 68 valence electrons. The third kappa shape index (κ3) is 1.67. The van der Waals surface area contributed by atoms with Crippen LogP contribution in [0.4, 0.5) is 0 Å². The molecule has 0 aromatic carbocycles. The Morgan fingerprint density at radius 1 is 1.50 bits per heavy atom. The summed E-state index contributed by atoms with van der Waals surface area (Å²) in [5, 5.41) is 4.28. The van der Waals surface area contributed by atoms with Gasteiger partial charge in [0.05, 0.1) is 6.20 Å². The zero-order chi connectivity index (χ0) is 8.97. The molecule has 0 atom stereocenters. The van der Waals surface area contributed by atoms with Gasteiger partial charge in [0.25, 0.3) is 0 Å². The number of rotatable bonds is 4. The maximum atomic E-state index is 5.58. The lowest BCUT2D eigenvalue weighted by Gasteiger charge is -2.04. The first-order valence-electron chi connectivity index (χ1n) is 4.57. The van der Waals surface area contributed by atoms with E-state index in [1.54, 1.807) is 0 Å². The van der Waals surface area contributed by atoms with Crippen molar-refractivity contribution in [3.63, 3.8) is 0 Å². The van der Waals surface area contributed by atoms with Gasteiger partial charge in [-0.25, -0.2) is 0 Å². The van der Waals surface area contributed by atoms with E-state index >= 15 is 0 Å². The molecule has 0 amide bonds. The Labute approximate surface area is 73.6 Å². The van der Waals surface area contributed by atoms with Gasteiger partial charge in [-0.05, 0) is 12.8 Å². The molecule has 0 spiro atoms. The molecule has 1 aromatic rings. The molecule has 0 unspecified atom stereocenters. The largest absolute Gasteiger partial charge is 0.326 e. The lowest BCUT2D eigenvalue weighted by Crippen LogP contribution is -2.06. The van der Waals surface area contributed by atoms with E-state index in [4.69, 9.17) is 5.73 Å². The highest BCUT2D eigenvalue weighted by molar-refractivity contribution is 5.17. The van der Waals surface area contributed by atoms with Gasteiger partial charge in [-0.1, -0.05) is 13.8 Å². The highest BCUT2D eigenvalue weighted by Gasteiger charge is 2.05. The predicted molar refractivity (Wildman–Crippen MR) is 49.8 cm³/mol. The first-order chi connectivity index (χ1) is 5.83. The van der Waals surface area contributed by atoms with E-state index in [-0.39, 0.29) is 0 Å². The number of nitrogens with two attached hydrogens (primary N) is 1. The minimum Gasteiger partial charge on any atom is -0.326 e. The Kier molecular flexibility index (Phi) is 3.29. The maximum absolute atomic E-state index is 5.58. The van der Waals surface area contributed by atoms with Crippen LogP contribution in [0.15, 0.2) is 6.20 Å². The number of hydrogen-bond acceptors (Lipinski definition) is 2. The molecule has 0 saturated carbocycles. The van der Waals surface area contributed by atoms with Crippen molar-refractivity contribution in [3.05, 3.63) is 17.5 Å². The zero-order valence-electron chi connectivity index (χ0n) is 7.88. The minimum absolute atomic E-state index is 0.604. The van der Waals surface area contributed by atoms with Crippen molar-refractivity contribution in [2.75, 3.05) is 0 Å². The number of nitrogens with zero attached hydrogens (tertiary/aromatic N) is 2. The van der Waals surface area contributed by atoms with Gasteiger partial charge >= 0.3 is 0 Å². The summed E-state index contributed by atoms with van der Waals surface area (Å²) in [5.74, 6) is 0. The van der Waals surface area contributed by atoms with Gasteiger partial charge in [0, 0.05) is 24.3 Å². The molecule has 0 radical (unpaired) electrons. The van der Waals surface area contributed by atoms with E-state index < -0.39 is 0 Å². The highest BCUT2D eigenvalue weighted by atomic mass is 15.3. The summed E-state index contributed by atoms with van der Waals surface area (Å²) in [6.45, 7) is 5.90. The van der Waals surface area contributed by atoms with E-state index in [0.717, 1.165) is 19.4 Å². The fourth-order valence-electron chi connectivity index (χ4n) is 1.43. The summed E-state index contributed by atoms with van der Waals surface area (Å²) in [7, 11) is 0. The average Bonchev–Trinajstić information content (AvgIpc) is 2.47. The van der Waals surface area contributed by atoms with Crippen molar-refractivity contribution in [1.29, 1.82) is 0 Å². The molecular weight excluding hydrogens is 150 g/mol. The van der Waals surface area contributed by atoms with Crippen LogP contribution in [-0.4, -0.2) is 9.78 Å². The molecule has 0 bridgehead atoms. The van der Waals surface area contributed by atoms with E-state index in [9.17, 15) is 0 Å². The van der Waals surface area contributed by atoms with Crippen LogP contribution in [0.25, 0.3) is 0 Å². The predicted octanol–water partition coefficient (Wildman–Crippen LogP) is 1.31. The molecule has 1 aromatic heterocycles. The van der Waals surface area contributed by atoms with Gasteiger partial charge in [-0.2, -0.15) is 5.10 Å². The van der Waals surface area contributed by atoms with Crippen LogP contribution >= 0.6 is 0 Å². The zero-order valence-corrected chi connectivity index (χ0v) is 7.88. The SMILES string of the molecule is CCCn1ncc(CN)c1CC. The molecule has 0 aliphatic rings.